The number of carboxylic acids is 1. The quantitative estimate of drug-likeness (QED) is 0.221. The molecule has 0 atom stereocenters. The molecule has 0 bridgehead atoms. The molecule has 0 amide bonds. The fourth-order valence-electron chi connectivity index (χ4n) is 4.32. The summed E-state index contributed by atoms with van der Waals surface area (Å²) in [7, 11) is 0. The second-order valence-corrected chi connectivity index (χ2v) is 10.4. The molecule has 0 aliphatic heterocycles. The van der Waals surface area contributed by atoms with E-state index in [1.165, 1.54) is 35.1 Å². The molecule has 0 unspecified atom stereocenters. The largest absolute Gasteiger partial charge is 0.508 e. The number of aryl methyl sites for hydroxylation is 1. The van der Waals surface area contributed by atoms with Crippen LogP contribution in [0.15, 0.2) is 60.7 Å². The molecule has 0 saturated heterocycles. The smallest absolute Gasteiger partial charge is 0.335 e. The minimum atomic E-state index is -0.893. The maximum atomic E-state index is 11.0. The van der Waals surface area contributed by atoms with E-state index in [4.69, 9.17) is 15.9 Å². The van der Waals surface area contributed by atoms with Crippen molar-refractivity contribution in [1.82, 2.24) is 0 Å². The average molecular weight is 458 g/mol. The minimum absolute atomic E-state index is 0.199. The second kappa shape index (κ2) is 9.76. The molecular weight excluding hydrogens is 422 g/mol. The third-order valence-corrected chi connectivity index (χ3v) is 6.75. The monoisotopic (exact) mass is 457 g/mol. The molecule has 0 radical (unpaired) electrons. The minimum Gasteiger partial charge on any atom is -0.508 e. The number of carboxylic acid groups (broad SMARTS) is 1. The number of aromatic hydroxyl groups is 1. The topological polar surface area (TPSA) is 83.5 Å². The summed E-state index contributed by atoms with van der Waals surface area (Å²) in [4.78, 5) is 11.0. The summed E-state index contributed by atoms with van der Waals surface area (Å²) in [5, 5.41) is 17.7. The maximum absolute atomic E-state index is 11.0. The van der Waals surface area contributed by atoms with Crippen LogP contribution in [0.25, 0.3) is 12.2 Å². The number of phenolic OH excluding ortho intramolecular Hbond substituents is 1. The van der Waals surface area contributed by atoms with Crippen LogP contribution in [0, 0.1) is 6.92 Å². The molecule has 1 aliphatic carbocycles. The Morgan fingerprint density at radius 1 is 0.853 bits per heavy atom. The lowest BCUT2D eigenvalue weighted by Crippen LogP contribution is -2.34. The van der Waals surface area contributed by atoms with Crippen LogP contribution in [0.2, 0.25) is 0 Å². The van der Waals surface area contributed by atoms with E-state index in [0.29, 0.717) is 11.3 Å². The molecule has 0 spiro atoms. The molecular formula is C30H35NO3. The molecule has 0 fully saturated rings. The molecule has 0 saturated carbocycles. The first-order valence-electron chi connectivity index (χ1n) is 11.6. The van der Waals surface area contributed by atoms with E-state index in [1.54, 1.807) is 36.4 Å². The number of hydrogen-bond acceptors (Lipinski definition) is 3. The van der Waals surface area contributed by atoms with Crippen molar-refractivity contribution in [3.8, 4) is 5.75 Å². The van der Waals surface area contributed by atoms with Gasteiger partial charge in [-0.15, -0.1) is 0 Å². The summed E-state index contributed by atoms with van der Waals surface area (Å²) in [5.41, 5.74) is 13.2. The molecule has 3 aromatic rings. The third-order valence-electron chi connectivity index (χ3n) is 6.75. The standard InChI is InChI=1S/C24H28O2.C6H7NO/c1-16-14-20-21(24(4,5)13-12-23(20,2)3)15-19(16)11-8-17-6-9-18(10-7-17)22(25)26;7-5-1-3-6(8)4-2-5/h6-11,14-15H,12-13H2,1-5H3,(H,25,26);1-4,8H,7H2/b11-8+;. The van der Waals surface area contributed by atoms with E-state index in [-0.39, 0.29) is 16.6 Å². The van der Waals surface area contributed by atoms with Gasteiger partial charge >= 0.3 is 5.97 Å². The lowest BCUT2D eigenvalue weighted by Gasteiger charge is -2.42. The van der Waals surface area contributed by atoms with E-state index >= 15 is 0 Å². The van der Waals surface area contributed by atoms with E-state index in [0.717, 1.165) is 5.56 Å². The van der Waals surface area contributed by atoms with Gasteiger partial charge < -0.3 is 15.9 Å². The number of nitrogens with two attached hydrogens (primary N) is 1. The molecule has 4 N–H and O–H groups in total. The van der Waals surface area contributed by atoms with Gasteiger partial charge in [-0.2, -0.15) is 0 Å². The molecule has 3 aromatic carbocycles. The molecule has 0 aromatic heterocycles. The van der Waals surface area contributed by atoms with Crippen molar-refractivity contribution in [1.29, 1.82) is 0 Å². The number of anilines is 1. The fraction of sp³-hybridized carbons (Fsp3) is 0.300. The van der Waals surface area contributed by atoms with Crippen molar-refractivity contribution in [2.75, 3.05) is 5.73 Å². The fourth-order valence-corrected chi connectivity index (χ4v) is 4.32. The first kappa shape index (κ1) is 25.1. The highest BCUT2D eigenvalue weighted by atomic mass is 16.4. The molecule has 1 aliphatic rings. The zero-order valence-corrected chi connectivity index (χ0v) is 20.7. The van der Waals surface area contributed by atoms with Gasteiger partial charge in [-0.1, -0.05) is 64.1 Å². The first-order chi connectivity index (χ1) is 15.9. The van der Waals surface area contributed by atoms with Crippen LogP contribution in [-0.2, 0) is 10.8 Å². The van der Waals surface area contributed by atoms with Crippen LogP contribution in [0.1, 0.15) is 78.7 Å². The van der Waals surface area contributed by atoms with Gasteiger partial charge in [-0.3, -0.25) is 0 Å². The zero-order valence-electron chi connectivity index (χ0n) is 20.7. The van der Waals surface area contributed by atoms with Crippen molar-refractivity contribution >= 4 is 23.8 Å². The Labute approximate surface area is 202 Å². The average Bonchev–Trinajstić information content (AvgIpc) is 2.78. The normalized spacial score (nSPS) is 15.8. The Morgan fingerprint density at radius 3 is 1.88 bits per heavy atom. The molecule has 4 rings (SSSR count). The van der Waals surface area contributed by atoms with Gasteiger partial charge in [0.15, 0.2) is 0 Å². The highest BCUT2D eigenvalue weighted by Gasteiger charge is 2.37. The Kier molecular flexibility index (Phi) is 7.21. The Hall–Kier alpha value is -3.53. The molecule has 4 heteroatoms. The van der Waals surface area contributed by atoms with Crippen molar-refractivity contribution in [2.45, 2.75) is 58.3 Å². The predicted molar refractivity (Wildman–Crippen MR) is 141 cm³/mol. The van der Waals surface area contributed by atoms with Crippen LogP contribution in [-0.4, -0.2) is 16.2 Å². The van der Waals surface area contributed by atoms with E-state index < -0.39 is 5.97 Å². The highest BCUT2D eigenvalue weighted by molar-refractivity contribution is 5.88. The van der Waals surface area contributed by atoms with Crippen LogP contribution in [0.5, 0.6) is 5.75 Å². The number of aromatic carboxylic acids is 1. The number of nitrogen functional groups attached to an aromatic ring is 1. The Balaban J connectivity index is 0.000000343. The lowest BCUT2D eigenvalue weighted by molar-refractivity contribution is 0.0697. The van der Waals surface area contributed by atoms with E-state index in [1.807, 2.05) is 12.1 Å². The van der Waals surface area contributed by atoms with Crippen molar-refractivity contribution in [3.63, 3.8) is 0 Å². The molecule has 34 heavy (non-hydrogen) atoms. The van der Waals surface area contributed by atoms with Gasteiger partial charge in [0.05, 0.1) is 5.56 Å². The van der Waals surface area contributed by atoms with Crippen LogP contribution in [0.4, 0.5) is 5.69 Å². The summed E-state index contributed by atoms with van der Waals surface area (Å²) >= 11 is 0. The van der Waals surface area contributed by atoms with E-state index in [9.17, 15) is 4.79 Å². The number of hydrogen-bond donors (Lipinski definition) is 3. The molecule has 178 valence electrons. The Bertz CT molecular complexity index is 1170. The number of benzene rings is 3. The SMILES string of the molecule is Cc1cc2c(cc1/C=C/c1ccc(C(=O)O)cc1)C(C)(C)CCC2(C)C.Nc1ccc(O)cc1. The van der Waals surface area contributed by atoms with Gasteiger partial charge in [-0.25, -0.2) is 4.79 Å². The van der Waals surface area contributed by atoms with Crippen molar-refractivity contribution in [3.05, 3.63) is 94.0 Å². The summed E-state index contributed by atoms with van der Waals surface area (Å²) in [5.74, 6) is -0.643. The zero-order chi connectivity index (χ0) is 25.1. The summed E-state index contributed by atoms with van der Waals surface area (Å²) in [6, 6.07) is 18.1. The first-order valence-corrected chi connectivity index (χ1v) is 11.6. The van der Waals surface area contributed by atoms with Gasteiger partial charge in [0.25, 0.3) is 0 Å². The van der Waals surface area contributed by atoms with Gasteiger partial charge in [-0.05, 0) is 94.8 Å². The summed E-state index contributed by atoms with van der Waals surface area (Å²) < 4.78 is 0. The predicted octanol–water partition coefficient (Wildman–Crippen LogP) is 7.19. The summed E-state index contributed by atoms with van der Waals surface area (Å²) in [6.45, 7) is 11.5. The van der Waals surface area contributed by atoms with Crippen molar-refractivity contribution in [2.24, 2.45) is 0 Å². The molecule has 0 heterocycles. The van der Waals surface area contributed by atoms with Crippen LogP contribution in [0.3, 0.4) is 0 Å². The van der Waals surface area contributed by atoms with Gasteiger partial charge in [0.2, 0.25) is 0 Å². The maximum Gasteiger partial charge on any atom is 0.335 e. The van der Waals surface area contributed by atoms with Crippen LogP contribution < -0.4 is 5.73 Å². The van der Waals surface area contributed by atoms with E-state index in [2.05, 4.69) is 58.9 Å². The number of fused-ring (bicyclic) bond motifs is 1. The van der Waals surface area contributed by atoms with Crippen LogP contribution >= 0.6 is 0 Å². The Morgan fingerprint density at radius 2 is 1.38 bits per heavy atom. The highest BCUT2D eigenvalue weighted by Crippen LogP contribution is 2.46. The number of phenols is 1. The lowest BCUT2D eigenvalue weighted by atomic mass is 9.62. The number of carbonyl (C=O) groups is 1. The van der Waals surface area contributed by atoms with Gasteiger partial charge in [0, 0.05) is 5.69 Å². The van der Waals surface area contributed by atoms with Gasteiger partial charge in [0.1, 0.15) is 5.75 Å². The van der Waals surface area contributed by atoms with Crippen molar-refractivity contribution < 1.29 is 15.0 Å². The second-order valence-electron chi connectivity index (χ2n) is 10.4. The number of rotatable bonds is 3. The summed E-state index contributed by atoms with van der Waals surface area (Å²) in [6.07, 6.45) is 6.62. The third kappa shape index (κ3) is 5.88. The molecule has 4 nitrogen and oxygen atoms in total.